The first-order chi connectivity index (χ1) is 16.7. The number of halogens is 1. The van der Waals surface area contributed by atoms with Crippen molar-refractivity contribution in [3.63, 3.8) is 0 Å². The Hall–Kier alpha value is -3.09. The van der Waals surface area contributed by atoms with Gasteiger partial charge >= 0.3 is 0 Å². The molecule has 0 aromatic heterocycles. The molecule has 0 amide bonds. The molecule has 0 radical (unpaired) electrons. The van der Waals surface area contributed by atoms with Crippen molar-refractivity contribution in [2.24, 2.45) is 0 Å². The lowest BCUT2D eigenvalue weighted by Crippen LogP contribution is -2.67. The van der Waals surface area contributed by atoms with Gasteiger partial charge in [0.2, 0.25) is 0 Å². The summed E-state index contributed by atoms with van der Waals surface area (Å²) in [5.74, 6) is 1.33. The molecule has 0 bridgehead atoms. The number of hydrogen-bond donors (Lipinski definition) is 0. The van der Waals surface area contributed by atoms with Crippen LogP contribution in [0.2, 0.25) is 0 Å². The Morgan fingerprint density at radius 3 is 2.12 bits per heavy atom. The molecule has 0 aliphatic carbocycles. The number of nitrogens with zero attached hydrogens (tertiary/aromatic N) is 3. The second kappa shape index (κ2) is 10.5. The van der Waals surface area contributed by atoms with Gasteiger partial charge in [0.25, 0.3) is 0 Å². The van der Waals surface area contributed by atoms with Gasteiger partial charge in [0.15, 0.2) is 0 Å². The average Bonchev–Trinajstić information content (AvgIpc) is 2.88. The van der Waals surface area contributed by atoms with E-state index in [1.807, 2.05) is 12.1 Å². The molecule has 2 heterocycles. The van der Waals surface area contributed by atoms with E-state index in [9.17, 15) is 4.39 Å². The fourth-order valence-electron chi connectivity index (χ4n) is 4.84. The molecule has 5 rings (SSSR count). The average molecular weight is 462 g/mol. The maximum atomic E-state index is 13.3. The number of anilines is 1. The van der Waals surface area contributed by atoms with Crippen molar-refractivity contribution in [2.75, 3.05) is 51.3 Å². The predicted octanol–water partition coefficient (Wildman–Crippen LogP) is 4.29. The minimum absolute atomic E-state index is 0.0647. The van der Waals surface area contributed by atoms with Crippen LogP contribution in [0.5, 0.6) is 11.5 Å². The van der Waals surface area contributed by atoms with Crippen LogP contribution in [0.1, 0.15) is 5.56 Å². The highest BCUT2D eigenvalue weighted by molar-refractivity contribution is 5.53. The van der Waals surface area contributed by atoms with Gasteiger partial charge in [-0.05, 0) is 54.1 Å². The van der Waals surface area contributed by atoms with Gasteiger partial charge in [-0.2, -0.15) is 0 Å². The Morgan fingerprint density at radius 1 is 0.794 bits per heavy atom. The van der Waals surface area contributed by atoms with Crippen molar-refractivity contribution in [2.45, 2.75) is 18.7 Å². The van der Waals surface area contributed by atoms with Crippen LogP contribution in [0.4, 0.5) is 10.1 Å². The molecular weight excluding hydrogens is 429 g/mol. The molecular formula is C28H32FN3O2. The van der Waals surface area contributed by atoms with E-state index in [1.165, 1.54) is 23.4 Å². The van der Waals surface area contributed by atoms with Crippen LogP contribution in [0, 0.1) is 5.82 Å². The molecule has 0 N–H and O–H groups in total. The van der Waals surface area contributed by atoms with E-state index in [1.54, 1.807) is 19.2 Å². The van der Waals surface area contributed by atoms with Gasteiger partial charge in [-0.1, -0.05) is 30.3 Å². The molecule has 3 aromatic carbocycles. The third kappa shape index (κ3) is 5.34. The molecule has 34 heavy (non-hydrogen) atoms. The van der Waals surface area contributed by atoms with Crippen LogP contribution in [0.15, 0.2) is 78.9 Å². The molecule has 2 fully saturated rings. The van der Waals surface area contributed by atoms with Crippen molar-refractivity contribution in [1.29, 1.82) is 0 Å². The van der Waals surface area contributed by atoms with Crippen molar-refractivity contribution >= 4 is 5.69 Å². The number of ether oxygens (including phenoxy) is 2. The van der Waals surface area contributed by atoms with Crippen LogP contribution in [0.25, 0.3) is 0 Å². The second-order valence-electron chi connectivity index (χ2n) is 9.09. The summed E-state index contributed by atoms with van der Waals surface area (Å²) in [5, 5.41) is 0. The summed E-state index contributed by atoms with van der Waals surface area (Å²) in [6.07, 6.45) is 0.0647. The zero-order valence-corrected chi connectivity index (χ0v) is 19.6. The minimum Gasteiger partial charge on any atom is -0.497 e. The van der Waals surface area contributed by atoms with E-state index in [0.717, 1.165) is 57.3 Å². The van der Waals surface area contributed by atoms with Crippen LogP contribution in [-0.4, -0.2) is 68.3 Å². The lowest BCUT2D eigenvalue weighted by molar-refractivity contribution is 0.0643. The molecule has 0 saturated carbocycles. The summed E-state index contributed by atoms with van der Waals surface area (Å²) < 4.78 is 24.9. The van der Waals surface area contributed by atoms with Crippen molar-refractivity contribution in [1.82, 2.24) is 9.80 Å². The van der Waals surface area contributed by atoms with Crippen molar-refractivity contribution in [3.8, 4) is 11.5 Å². The molecule has 6 heteroatoms. The quantitative estimate of drug-likeness (QED) is 0.499. The SMILES string of the molecule is COc1ccc(N2C[C@@H](Oc3ccc(F)cc3)[C@H]2CN2CCN(Cc3ccccc3)CC2)cc1. The largest absolute Gasteiger partial charge is 0.497 e. The third-order valence-corrected chi connectivity index (χ3v) is 6.87. The van der Waals surface area contributed by atoms with E-state index in [0.29, 0.717) is 0 Å². The molecule has 2 aliphatic rings. The van der Waals surface area contributed by atoms with Gasteiger partial charge in [-0.15, -0.1) is 0 Å². The number of hydrogen-bond acceptors (Lipinski definition) is 5. The van der Waals surface area contributed by atoms with E-state index >= 15 is 0 Å². The summed E-state index contributed by atoms with van der Waals surface area (Å²) >= 11 is 0. The number of methoxy groups -OCH3 is 1. The topological polar surface area (TPSA) is 28.2 Å². The van der Waals surface area contributed by atoms with Gasteiger partial charge in [0.05, 0.1) is 19.7 Å². The molecule has 178 valence electrons. The Labute approximate surface area is 201 Å². The Balaban J connectivity index is 1.22. The van der Waals surface area contributed by atoms with Crippen LogP contribution < -0.4 is 14.4 Å². The first kappa shape index (κ1) is 22.7. The molecule has 0 unspecified atom stereocenters. The Kier molecular flexibility index (Phi) is 6.97. The van der Waals surface area contributed by atoms with E-state index in [2.05, 4.69) is 57.2 Å². The van der Waals surface area contributed by atoms with Gasteiger partial charge in [0, 0.05) is 45.0 Å². The standard InChI is InChI=1S/C28H32FN3O2/c1-33-25-13-9-24(10-14-25)32-21-28(34-26-11-7-23(29)8-12-26)27(32)20-31-17-15-30(16-18-31)19-22-5-3-2-4-6-22/h2-14,27-28H,15-21H2,1H3/t27-,28-/m1/s1. The number of benzene rings is 3. The van der Waals surface area contributed by atoms with Crippen LogP contribution in [0.3, 0.4) is 0 Å². The van der Waals surface area contributed by atoms with Gasteiger partial charge in [-0.25, -0.2) is 4.39 Å². The summed E-state index contributed by atoms with van der Waals surface area (Å²) in [4.78, 5) is 7.48. The Bertz CT molecular complexity index is 1040. The lowest BCUT2D eigenvalue weighted by Gasteiger charge is -2.51. The van der Waals surface area contributed by atoms with Gasteiger partial charge in [0.1, 0.15) is 23.4 Å². The van der Waals surface area contributed by atoms with Crippen LogP contribution in [-0.2, 0) is 6.54 Å². The van der Waals surface area contributed by atoms with Crippen molar-refractivity contribution in [3.05, 3.63) is 90.2 Å². The lowest BCUT2D eigenvalue weighted by atomic mass is 9.96. The molecule has 5 nitrogen and oxygen atoms in total. The fraction of sp³-hybridized carbons (Fsp3) is 0.357. The monoisotopic (exact) mass is 461 g/mol. The van der Waals surface area contributed by atoms with E-state index < -0.39 is 0 Å². The molecule has 2 saturated heterocycles. The maximum absolute atomic E-state index is 13.3. The highest BCUT2D eigenvalue weighted by Gasteiger charge is 2.42. The maximum Gasteiger partial charge on any atom is 0.138 e. The zero-order chi connectivity index (χ0) is 23.3. The highest BCUT2D eigenvalue weighted by atomic mass is 19.1. The smallest absolute Gasteiger partial charge is 0.138 e. The van der Waals surface area contributed by atoms with E-state index in [-0.39, 0.29) is 18.0 Å². The normalized spacial score (nSPS) is 21.2. The molecule has 2 aliphatic heterocycles. The van der Waals surface area contributed by atoms with Gasteiger partial charge < -0.3 is 14.4 Å². The summed E-state index contributed by atoms with van der Waals surface area (Å²) in [6.45, 7) is 6.97. The van der Waals surface area contributed by atoms with Crippen LogP contribution >= 0.6 is 0 Å². The van der Waals surface area contributed by atoms with Gasteiger partial charge in [-0.3, -0.25) is 9.80 Å². The summed E-state index contributed by atoms with van der Waals surface area (Å²) in [7, 11) is 1.69. The third-order valence-electron chi connectivity index (χ3n) is 6.87. The first-order valence-corrected chi connectivity index (χ1v) is 12.0. The number of rotatable bonds is 8. The molecule has 0 spiro atoms. The minimum atomic E-state index is -0.245. The predicted molar refractivity (Wildman–Crippen MR) is 133 cm³/mol. The molecule has 2 atom stereocenters. The highest BCUT2D eigenvalue weighted by Crippen LogP contribution is 2.32. The Morgan fingerprint density at radius 2 is 1.44 bits per heavy atom. The molecule has 3 aromatic rings. The van der Waals surface area contributed by atoms with Crippen molar-refractivity contribution < 1.29 is 13.9 Å². The van der Waals surface area contributed by atoms with E-state index in [4.69, 9.17) is 9.47 Å². The summed E-state index contributed by atoms with van der Waals surface area (Å²) in [5.41, 5.74) is 2.54. The second-order valence-corrected chi connectivity index (χ2v) is 9.09. The zero-order valence-electron chi connectivity index (χ0n) is 19.6. The summed E-state index contributed by atoms with van der Waals surface area (Å²) in [6, 6.07) is 25.5. The fourth-order valence-corrected chi connectivity index (χ4v) is 4.84. The first-order valence-electron chi connectivity index (χ1n) is 12.0. The number of piperazine rings is 1.